The molecule has 12 aromatic rings. The van der Waals surface area contributed by atoms with Crippen LogP contribution in [0.5, 0.6) is 0 Å². The highest BCUT2D eigenvalue weighted by Crippen LogP contribution is 2.54. The van der Waals surface area contributed by atoms with Crippen molar-refractivity contribution in [3.63, 3.8) is 0 Å². The second kappa shape index (κ2) is 15.8. The van der Waals surface area contributed by atoms with Crippen molar-refractivity contribution in [1.82, 2.24) is 4.57 Å². The zero-order chi connectivity index (χ0) is 49.7. The zero-order valence-corrected chi connectivity index (χ0v) is 44.4. The van der Waals surface area contributed by atoms with Gasteiger partial charge in [0, 0.05) is 86.0 Å². The van der Waals surface area contributed by atoms with Crippen LogP contribution in [0, 0.1) is 0 Å². The highest BCUT2D eigenvalue weighted by Gasteiger charge is 2.38. The summed E-state index contributed by atoms with van der Waals surface area (Å²) in [5, 5.41) is 10.7. The van der Waals surface area contributed by atoms with E-state index in [0.717, 1.165) is 35.7 Å². The standard InChI is InChI=1S/C67H56BN3S2/c1-65(2,3)39-23-26-41(27-24-39)69-56-37-55-49(45-29-28-44(34-54(45)67(55,7)8)70(42-17-11-9-12-18-42)43-19-13-10-14-20-43)35-50(56)47-30-31-48-51-36-52-46-21-15-16-22-58(46)72-60(52)38-57(51)71-62(48)61(47)68-64-63(71)53-33-40(66(4,5)6)25-32-59(53)73-64/h9-38,68-69H,1-8H3. The molecule has 14 rings (SSSR count). The maximum Gasteiger partial charge on any atom is 0.211 e. The van der Waals surface area contributed by atoms with Crippen LogP contribution < -0.4 is 20.5 Å². The maximum absolute atomic E-state index is 4.06. The number of nitrogens with zero attached hydrogens (tertiary/aromatic N) is 2. The third kappa shape index (κ3) is 6.83. The number of aromatic nitrogens is 1. The molecule has 0 bridgehead atoms. The summed E-state index contributed by atoms with van der Waals surface area (Å²) in [4.78, 5) is 2.39. The zero-order valence-electron chi connectivity index (χ0n) is 42.7. The molecule has 4 heterocycles. The minimum absolute atomic E-state index is 0.0298. The number of thiophene rings is 2. The predicted molar refractivity (Wildman–Crippen MR) is 320 cm³/mol. The monoisotopic (exact) mass is 977 g/mol. The predicted octanol–water partition coefficient (Wildman–Crippen LogP) is 17.8. The van der Waals surface area contributed by atoms with Gasteiger partial charge in [0.05, 0.1) is 11.2 Å². The number of hydrogen-bond donors (Lipinski definition) is 1. The number of benzene rings is 9. The van der Waals surface area contributed by atoms with E-state index in [1.165, 1.54) is 112 Å². The Hall–Kier alpha value is -7.38. The molecule has 0 spiro atoms. The van der Waals surface area contributed by atoms with Crippen molar-refractivity contribution < 1.29 is 0 Å². The van der Waals surface area contributed by atoms with Gasteiger partial charge in [-0.2, -0.15) is 0 Å². The van der Waals surface area contributed by atoms with E-state index < -0.39 is 0 Å². The fraction of sp³-hybridized carbons (Fsp3) is 0.164. The summed E-state index contributed by atoms with van der Waals surface area (Å²) in [6.07, 6.45) is 0. The lowest BCUT2D eigenvalue weighted by Gasteiger charge is -2.28. The molecule has 0 fully saturated rings. The normalized spacial score (nSPS) is 13.7. The molecule has 354 valence electrons. The summed E-state index contributed by atoms with van der Waals surface area (Å²) in [5.74, 6) is 0. The summed E-state index contributed by atoms with van der Waals surface area (Å²) in [5.41, 5.74) is 21.3. The quantitative estimate of drug-likeness (QED) is 0.168. The van der Waals surface area contributed by atoms with Crippen LogP contribution in [0.2, 0.25) is 0 Å². The number of rotatable bonds is 6. The van der Waals surface area contributed by atoms with Gasteiger partial charge in [-0.1, -0.05) is 146 Å². The third-order valence-electron chi connectivity index (χ3n) is 16.1. The first-order valence-corrected chi connectivity index (χ1v) is 27.4. The Morgan fingerprint density at radius 3 is 1.86 bits per heavy atom. The molecular weight excluding hydrogens is 922 g/mol. The van der Waals surface area contributed by atoms with Gasteiger partial charge in [-0.25, -0.2) is 0 Å². The van der Waals surface area contributed by atoms with Gasteiger partial charge in [-0.05, 0) is 151 Å². The van der Waals surface area contributed by atoms with Crippen LogP contribution in [0.4, 0.5) is 28.4 Å². The Labute approximate surface area is 436 Å². The fourth-order valence-corrected chi connectivity index (χ4v) is 14.5. The summed E-state index contributed by atoms with van der Waals surface area (Å²) >= 11 is 3.88. The summed E-state index contributed by atoms with van der Waals surface area (Å²) in [6.45, 7) is 18.7. The van der Waals surface area contributed by atoms with Crippen molar-refractivity contribution in [1.29, 1.82) is 0 Å². The fourth-order valence-electron chi connectivity index (χ4n) is 12.2. The van der Waals surface area contributed by atoms with Crippen LogP contribution in [0.15, 0.2) is 182 Å². The van der Waals surface area contributed by atoms with Gasteiger partial charge in [0.1, 0.15) is 0 Å². The van der Waals surface area contributed by atoms with E-state index >= 15 is 0 Å². The van der Waals surface area contributed by atoms with E-state index in [2.05, 4.69) is 252 Å². The summed E-state index contributed by atoms with van der Waals surface area (Å²) in [7, 11) is 0.858. The topological polar surface area (TPSA) is 20.2 Å². The van der Waals surface area contributed by atoms with E-state index in [-0.39, 0.29) is 16.2 Å². The van der Waals surface area contributed by atoms with Gasteiger partial charge in [0.2, 0.25) is 7.28 Å². The first kappa shape index (κ1) is 44.3. The highest BCUT2D eigenvalue weighted by atomic mass is 32.1. The molecule has 2 aliphatic rings. The number of nitrogens with one attached hydrogen (secondary N) is 1. The summed E-state index contributed by atoms with van der Waals surface area (Å²) < 4.78 is 8.11. The molecule has 1 N–H and O–H groups in total. The Morgan fingerprint density at radius 1 is 0.479 bits per heavy atom. The van der Waals surface area contributed by atoms with Gasteiger partial charge in [-0.15, -0.1) is 22.7 Å². The average Bonchev–Trinajstić information content (AvgIpc) is 4.10. The SMILES string of the molecule is CC(C)(C)c1ccc(Nc2cc3c(cc2-c2ccc4c5cc6c(cc5n5c4c2Bc2sc4ccc(C(C)(C)C)cc4c2-5)sc2ccccc26)-c2ccc(N(c4ccccc4)c4ccccc4)cc2C3(C)C)cc1. The highest BCUT2D eigenvalue weighted by molar-refractivity contribution is 7.29. The Kier molecular flexibility index (Phi) is 9.60. The molecule has 3 aromatic heterocycles. The molecular formula is C67H56BN3S2. The minimum Gasteiger partial charge on any atom is -0.355 e. The van der Waals surface area contributed by atoms with Crippen LogP contribution in [0.25, 0.3) is 80.0 Å². The van der Waals surface area contributed by atoms with Gasteiger partial charge < -0.3 is 14.8 Å². The van der Waals surface area contributed by atoms with Crippen molar-refractivity contribution >= 4 is 121 Å². The molecule has 9 aromatic carbocycles. The van der Waals surface area contributed by atoms with Crippen molar-refractivity contribution in [2.75, 3.05) is 10.2 Å². The molecule has 0 radical (unpaired) electrons. The van der Waals surface area contributed by atoms with Gasteiger partial charge in [-0.3, -0.25) is 0 Å². The van der Waals surface area contributed by atoms with Crippen LogP contribution in [0.3, 0.4) is 0 Å². The molecule has 3 nitrogen and oxygen atoms in total. The molecule has 6 heteroatoms. The van der Waals surface area contributed by atoms with Crippen LogP contribution >= 0.6 is 22.7 Å². The van der Waals surface area contributed by atoms with Crippen molar-refractivity contribution in [3.8, 4) is 27.9 Å². The lowest BCUT2D eigenvalue weighted by Crippen LogP contribution is -2.35. The summed E-state index contributed by atoms with van der Waals surface area (Å²) in [6, 6.07) is 68.8. The minimum atomic E-state index is -0.273. The Morgan fingerprint density at radius 2 is 1.14 bits per heavy atom. The second-order valence-corrected chi connectivity index (χ2v) is 25.3. The molecule has 0 saturated heterocycles. The lowest BCUT2D eigenvalue weighted by atomic mass is 9.63. The molecule has 0 unspecified atom stereocenters. The Bertz CT molecular complexity index is 4200. The van der Waals surface area contributed by atoms with E-state index in [1.54, 1.807) is 0 Å². The molecule has 0 amide bonds. The van der Waals surface area contributed by atoms with E-state index in [4.69, 9.17) is 0 Å². The van der Waals surface area contributed by atoms with E-state index in [0.29, 0.717) is 0 Å². The smallest absolute Gasteiger partial charge is 0.211 e. The van der Waals surface area contributed by atoms with Gasteiger partial charge >= 0.3 is 0 Å². The van der Waals surface area contributed by atoms with Crippen molar-refractivity contribution in [2.45, 2.75) is 71.6 Å². The molecule has 1 aliphatic carbocycles. The van der Waals surface area contributed by atoms with E-state index in [9.17, 15) is 0 Å². The second-order valence-electron chi connectivity index (χ2n) is 23.1. The number of anilines is 5. The average molecular weight is 978 g/mol. The van der Waals surface area contributed by atoms with Crippen LogP contribution in [-0.4, -0.2) is 11.8 Å². The number of hydrogen-bond acceptors (Lipinski definition) is 4. The lowest BCUT2D eigenvalue weighted by molar-refractivity contribution is 0.590. The van der Waals surface area contributed by atoms with Crippen LogP contribution in [-0.2, 0) is 16.2 Å². The molecule has 0 atom stereocenters. The number of fused-ring (bicyclic) bond motifs is 13. The van der Waals surface area contributed by atoms with Crippen molar-refractivity contribution in [3.05, 3.63) is 204 Å². The first-order chi connectivity index (χ1) is 35.2. The molecule has 0 saturated carbocycles. The van der Waals surface area contributed by atoms with E-state index in [1.807, 2.05) is 22.7 Å². The third-order valence-corrected chi connectivity index (χ3v) is 18.4. The Balaban J connectivity index is 1.02. The number of para-hydroxylation sites is 2. The van der Waals surface area contributed by atoms with Crippen LogP contribution in [0.1, 0.15) is 77.6 Å². The molecule has 1 aliphatic heterocycles. The largest absolute Gasteiger partial charge is 0.355 e. The van der Waals surface area contributed by atoms with Crippen molar-refractivity contribution in [2.24, 2.45) is 0 Å². The maximum atomic E-state index is 4.06. The molecule has 73 heavy (non-hydrogen) atoms. The van der Waals surface area contributed by atoms with Gasteiger partial charge in [0.25, 0.3) is 0 Å². The first-order valence-electron chi connectivity index (χ1n) is 25.8. The van der Waals surface area contributed by atoms with Gasteiger partial charge in [0.15, 0.2) is 0 Å².